The van der Waals surface area contributed by atoms with E-state index in [1.165, 1.54) is 25.6 Å². The zero-order valence-electron chi connectivity index (χ0n) is 24.5. The normalized spacial score (nSPS) is 16.3. The number of amides is 1. The molecule has 1 saturated carbocycles. The molecule has 1 amide bonds. The number of carbonyl (C=O) groups is 1. The minimum absolute atomic E-state index is 0.00989. The number of halogens is 1. The van der Waals surface area contributed by atoms with Gasteiger partial charge in [-0.15, -0.1) is 0 Å². The van der Waals surface area contributed by atoms with Crippen molar-refractivity contribution in [2.24, 2.45) is 11.7 Å². The number of rotatable bonds is 10. The Kier molecular flexibility index (Phi) is 8.10. The first-order valence-electron chi connectivity index (χ1n) is 14.5. The van der Waals surface area contributed by atoms with Gasteiger partial charge in [0.25, 0.3) is 11.5 Å². The number of aromatic nitrogens is 4. The molecule has 0 radical (unpaired) electrons. The third kappa shape index (κ3) is 5.90. The number of hydrogen-bond donors (Lipinski definition) is 4. The second-order valence-corrected chi connectivity index (χ2v) is 11.9. The van der Waals surface area contributed by atoms with E-state index in [0.29, 0.717) is 45.3 Å². The molecule has 2 aliphatic rings. The maximum absolute atomic E-state index is 13.8. The van der Waals surface area contributed by atoms with E-state index in [-0.39, 0.29) is 29.2 Å². The summed E-state index contributed by atoms with van der Waals surface area (Å²) in [5, 5.41) is 25.4. The fraction of sp³-hybridized carbons (Fsp3) is 0.400. The monoisotopic (exact) mass is 622 g/mol. The lowest BCUT2D eigenvalue weighted by Crippen LogP contribution is -2.44. The standard InChI is InChI=1S/C30H35ClN8O5/c1-36-5-7-37(8-6-36)24-11-22(21(31)12-33-24)35-25(40)15-38-14-20(18-9-19(28(32)42)27(41)23(10-18)44-2)26-29(38)34-16-39(30(26)43)13-17-3-4-17/h9-12,14,16-17,25,40-41H,3-8,13,15H2,1-2H3,(H2,32,42)(H,33,35). The number of nitrogens with zero attached hydrogens (tertiary/aromatic N) is 6. The van der Waals surface area contributed by atoms with Gasteiger partial charge >= 0.3 is 0 Å². The van der Waals surface area contributed by atoms with Crippen LogP contribution < -0.4 is 26.2 Å². The summed E-state index contributed by atoms with van der Waals surface area (Å²) in [5.74, 6) is -0.0125. The van der Waals surface area contributed by atoms with Gasteiger partial charge in [-0.05, 0) is 43.5 Å². The smallest absolute Gasteiger partial charge is 0.263 e. The molecule has 0 bridgehead atoms. The van der Waals surface area contributed by atoms with Crippen LogP contribution in [0.15, 0.2) is 41.7 Å². The molecule has 44 heavy (non-hydrogen) atoms. The lowest BCUT2D eigenvalue weighted by Gasteiger charge is -2.33. The number of aliphatic hydroxyl groups excluding tert-OH is 1. The first-order valence-corrected chi connectivity index (χ1v) is 14.8. The highest BCUT2D eigenvalue weighted by molar-refractivity contribution is 6.33. The van der Waals surface area contributed by atoms with Crippen LogP contribution in [-0.4, -0.2) is 86.7 Å². The highest BCUT2D eigenvalue weighted by atomic mass is 35.5. The SMILES string of the molecule is COc1cc(-c2cn(CC(O)Nc3cc(N4CCN(C)CC4)ncc3Cl)c3ncn(CC4CC4)c(=O)c23)cc(C(N)=O)c1O. The highest BCUT2D eigenvalue weighted by Gasteiger charge is 2.26. The van der Waals surface area contributed by atoms with Gasteiger partial charge in [0.1, 0.15) is 17.7 Å². The van der Waals surface area contributed by atoms with Gasteiger partial charge in [-0.3, -0.25) is 14.2 Å². The van der Waals surface area contributed by atoms with Crippen molar-refractivity contribution in [2.45, 2.75) is 32.2 Å². The Hall–Kier alpha value is -4.33. The minimum Gasteiger partial charge on any atom is -0.504 e. The van der Waals surface area contributed by atoms with Crippen molar-refractivity contribution in [1.29, 1.82) is 0 Å². The summed E-state index contributed by atoms with van der Waals surface area (Å²) >= 11 is 6.45. The van der Waals surface area contributed by atoms with Crippen LogP contribution in [0.3, 0.4) is 0 Å². The van der Waals surface area contributed by atoms with E-state index in [2.05, 4.69) is 32.1 Å². The Morgan fingerprint density at radius 2 is 1.93 bits per heavy atom. The first-order chi connectivity index (χ1) is 21.1. The van der Waals surface area contributed by atoms with Crippen LogP contribution in [0.1, 0.15) is 23.2 Å². The Bertz CT molecular complexity index is 1780. The third-order valence-electron chi connectivity index (χ3n) is 8.23. The Labute approximate surface area is 258 Å². The number of benzene rings is 1. The Morgan fingerprint density at radius 1 is 1.18 bits per heavy atom. The molecular weight excluding hydrogens is 588 g/mol. The largest absolute Gasteiger partial charge is 0.504 e. The molecule has 0 spiro atoms. The lowest BCUT2D eigenvalue weighted by molar-refractivity contribution is 0.0997. The third-order valence-corrected chi connectivity index (χ3v) is 8.53. The molecule has 6 rings (SSSR count). The molecule has 3 aromatic heterocycles. The van der Waals surface area contributed by atoms with Crippen LogP contribution in [0.5, 0.6) is 11.5 Å². The van der Waals surface area contributed by atoms with Gasteiger partial charge in [-0.2, -0.15) is 0 Å². The van der Waals surface area contributed by atoms with Crippen LogP contribution in [0.25, 0.3) is 22.2 Å². The van der Waals surface area contributed by atoms with Crippen LogP contribution in [-0.2, 0) is 13.1 Å². The van der Waals surface area contributed by atoms with Gasteiger partial charge in [0.05, 0.1) is 41.6 Å². The summed E-state index contributed by atoms with van der Waals surface area (Å²) in [6.45, 7) is 4.06. The van der Waals surface area contributed by atoms with Crippen molar-refractivity contribution in [2.75, 3.05) is 50.6 Å². The van der Waals surface area contributed by atoms with Gasteiger partial charge < -0.3 is 40.4 Å². The van der Waals surface area contributed by atoms with Gasteiger partial charge in [0.15, 0.2) is 11.5 Å². The van der Waals surface area contributed by atoms with Crippen molar-refractivity contribution in [3.8, 4) is 22.6 Å². The van der Waals surface area contributed by atoms with Crippen molar-refractivity contribution >= 4 is 40.0 Å². The van der Waals surface area contributed by atoms with E-state index >= 15 is 0 Å². The van der Waals surface area contributed by atoms with E-state index in [1.807, 2.05) is 6.07 Å². The summed E-state index contributed by atoms with van der Waals surface area (Å²) in [5.41, 5.74) is 6.89. The number of likely N-dealkylation sites (N-methyl/N-ethyl adjacent to an activating group) is 1. The average molecular weight is 623 g/mol. The topological polar surface area (TPSA) is 164 Å². The van der Waals surface area contributed by atoms with Crippen LogP contribution in [0, 0.1) is 5.92 Å². The summed E-state index contributed by atoms with van der Waals surface area (Å²) in [4.78, 5) is 39.5. The number of phenols is 1. The Morgan fingerprint density at radius 3 is 2.61 bits per heavy atom. The predicted molar refractivity (Wildman–Crippen MR) is 167 cm³/mol. The minimum atomic E-state index is -1.12. The van der Waals surface area contributed by atoms with Gasteiger partial charge in [-0.1, -0.05) is 11.6 Å². The molecule has 232 valence electrons. The van der Waals surface area contributed by atoms with Gasteiger partial charge in [0.2, 0.25) is 0 Å². The van der Waals surface area contributed by atoms with Crippen molar-refractivity contribution in [3.63, 3.8) is 0 Å². The van der Waals surface area contributed by atoms with Crippen LogP contribution in [0.2, 0.25) is 5.02 Å². The lowest BCUT2D eigenvalue weighted by atomic mass is 10.0. The van der Waals surface area contributed by atoms with E-state index < -0.39 is 12.1 Å². The average Bonchev–Trinajstić information content (AvgIpc) is 3.75. The van der Waals surface area contributed by atoms with Crippen molar-refractivity contribution < 1.29 is 19.7 Å². The number of fused-ring (bicyclic) bond motifs is 1. The van der Waals surface area contributed by atoms with Gasteiger partial charge in [0, 0.05) is 56.7 Å². The van der Waals surface area contributed by atoms with Gasteiger partial charge in [-0.25, -0.2) is 9.97 Å². The summed E-state index contributed by atoms with van der Waals surface area (Å²) in [7, 11) is 3.44. The summed E-state index contributed by atoms with van der Waals surface area (Å²) < 4.78 is 8.56. The number of anilines is 2. The van der Waals surface area contributed by atoms with Crippen LogP contribution in [0.4, 0.5) is 11.5 Å². The molecule has 1 aliphatic heterocycles. The number of carbonyl (C=O) groups excluding carboxylic acids is 1. The quantitative estimate of drug-likeness (QED) is 0.193. The predicted octanol–water partition coefficient (Wildman–Crippen LogP) is 2.32. The van der Waals surface area contributed by atoms with E-state index in [1.54, 1.807) is 21.5 Å². The molecule has 4 aromatic rings. The number of nitrogens with one attached hydrogen (secondary N) is 1. The summed E-state index contributed by atoms with van der Waals surface area (Å²) in [6, 6.07) is 4.77. The molecule has 13 nitrogen and oxygen atoms in total. The van der Waals surface area contributed by atoms with E-state index in [9.17, 15) is 19.8 Å². The fourth-order valence-electron chi connectivity index (χ4n) is 5.55. The second kappa shape index (κ2) is 12.0. The number of methoxy groups -OCH3 is 1. The number of primary amides is 1. The number of ether oxygens (including phenoxy) is 1. The van der Waals surface area contributed by atoms with Crippen LogP contribution >= 0.6 is 11.6 Å². The number of piperazine rings is 1. The highest BCUT2D eigenvalue weighted by Crippen LogP contribution is 2.38. The molecule has 1 aromatic carbocycles. The Balaban J connectivity index is 1.36. The molecule has 1 unspecified atom stereocenters. The second-order valence-electron chi connectivity index (χ2n) is 11.5. The van der Waals surface area contributed by atoms with E-state index in [4.69, 9.17) is 22.1 Å². The maximum Gasteiger partial charge on any atom is 0.263 e. The molecule has 1 saturated heterocycles. The van der Waals surface area contributed by atoms with E-state index in [0.717, 1.165) is 44.8 Å². The molecule has 1 atom stereocenters. The number of nitrogens with two attached hydrogens (primary N) is 1. The first kappa shape index (κ1) is 29.7. The number of aromatic hydroxyl groups is 1. The zero-order valence-corrected chi connectivity index (χ0v) is 25.3. The number of pyridine rings is 1. The maximum atomic E-state index is 13.8. The molecule has 2 fully saturated rings. The number of hydrogen-bond acceptors (Lipinski definition) is 10. The molecule has 4 heterocycles. The van der Waals surface area contributed by atoms with Crippen molar-refractivity contribution in [1.82, 2.24) is 24.0 Å². The zero-order chi connectivity index (χ0) is 31.1. The number of aliphatic hydroxyl groups is 1. The summed E-state index contributed by atoms with van der Waals surface area (Å²) in [6.07, 6.45) is 5.77. The fourth-order valence-corrected chi connectivity index (χ4v) is 5.71. The molecule has 1 aliphatic carbocycles. The van der Waals surface area contributed by atoms with Crippen molar-refractivity contribution in [3.05, 3.63) is 57.9 Å². The molecule has 5 N–H and O–H groups in total. The molecule has 14 heteroatoms. The molecular formula is C30H35ClN8O5.